The van der Waals surface area contributed by atoms with E-state index in [1.165, 1.54) is 12.1 Å². The van der Waals surface area contributed by atoms with Gasteiger partial charge < -0.3 is 5.11 Å². The summed E-state index contributed by atoms with van der Waals surface area (Å²) in [6, 6.07) is 14.9. The standard InChI is InChI=1S/C15H13NO3S/c17-11-5-7-13-6-4-10-15(12-13)20(18,19)16-14-8-2-1-3-9-14/h1-4,6,8-10,12,16-17H,11H2. The number of anilines is 1. The molecule has 0 radical (unpaired) electrons. The van der Waals surface area contributed by atoms with Gasteiger partial charge >= 0.3 is 0 Å². The molecular formula is C15H13NO3S. The smallest absolute Gasteiger partial charge is 0.261 e. The van der Waals surface area contributed by atoms with Crippen LogP contribution in [0.15, 0.2) is 59.5 Å². The van der Waals surface area contributed by atoms with Crippen LogP contribution in [0, 0.1) is 11.8 Å². The minimum atomic E-state index is -3.64. The molecule has 2 N–H and O–H groups in total. The number of para-hydroxylation sites is 1. The van der Waals surface area contributed by atoms with E-state index in [1.54, 1.807) is 36.4 Å². The van der Waals surface area contributed by atoms with Crippen molar-refractivity contribution in [1.29, 1.82) is 0 Å². The summed E-state index contributed by atoms with van der Waals surface area (Å²) in [5.41, 5.74) is 1.04. The van der Waals surface area contributed by atoms with Crippen molar-refractivity contribution >= 4 is 15.7 Å². The van der Waals surface area contributed by atoms with Crippen molar-refractivity contribution in [3.8, 4) is 11.8 Å². The van der Waals surface area contributed by atoms with Gasteiger partial charge in [0.05, 0.1) is 4.90 Å². The second-order valence-electron chi connectivity index (χ2n) is 3.96. The minimum absolute atomic E-state index is 0.131. The zero-order valence-electron chi connectivity index (χ0n) is 10.6. The Balaban J connectivity index is 2.30. The zero-order chi connectivity index (χ0) is 14.4. The van der Waals surface area contributed by atoms with Crippen LogP contribution in [0.4, 0.5) is 5.69 Å². The van der Waals surface area contributed by atoms with Gasteiger partial charge in [0.2, 0.25) is 0 Å². The van der Waals surface area contributed by atoms with Crippen molar-refractivity contribution in [1.82, 2.24) is 0 Å². The van der Waals surface area contributed by atoms with Crippen LogP contribution in [0.25, 0.3) is 0 Å². The molecule has 0 unspecified atom stereocenters. The zero-order valence-corrected chi connectivity index (χ0v) is 11.4. The number of aliphatic hydroxyl groups excluding tert-OH is 1. The van der Waals surface area contributed by atoms with Crippen molar-refractivity contribution in [2.75, 3.05) is 11.3 Å². The molecule has 2 rings (SSSR count). The van der Waals surface area contributed by atoms with Gasteiger partial charge in [0.1, 0.15) is 6.61 Å². The summed E-state index contributed by atoms with van der Waals surface area (Å²) in [6.07, 6.45) is 0. The first-order valence-corrected chi connectivity index (χ1v) is 7.38. The van der Waals surface area contributed by atoms with E-state index >= 15 is 0 Å². The van der Waals surface area contributed by atoms with Crippen LogP contribution in [0.1, 0.15) is 5.56 Å². The Morgan fingerprint density at radius 1 is 1.05 bits per heavy atom. The molecule has 5 heteroatoms. The summed E-state index contributed by atoms with van der Waals surface area (Å²) in [7, 11) is -3.64. The van der Waals surface area contributed by atoms with Crippen molar-refractivity contribution in [3.63, 3.8) is 0 Å². The first kappa shape index (κ1) is 14.1. The lowest BCUT2D eigenvalue weighted by Gasteiger charge is -2.08. The molecule has 0 saturated carbocycles. The van der Waals surface area contributed by atoms with Crippen LogP contribution in [-0.4, -0.2) is 20.1 Å². The van der Waals surface area contributed by atoms with Crippen LogP contribution in [0.3, 0.4) is 0 Å². The number of rotatable bonds is 3. The third-order valence-corrected chi connectivity index (χ3v) is 3.86. The highest BCUT2D eigenvalue weighted by Gasteiger charge is 2.13. The number of hydrogen-bond acceptors (Lipinski definition) is 3. The Bertz CT molecular complexity index is 743. The van der Waals surface area contributed by atoms with Gasteiger partial charge in [0.15, 0.2) is 0 Å². The molecule has 102 valence electrons. The SMILES string of the molecule is O=S(=O)(Nc1ccccc1)c1cccc(C#CCO)c1. The lowest BCUT2D eigenvalue weighted by atomic mass is 10.2. The molecule has 2 aromatic rings. The molecule has 0 heterocycles. The van der Waals surface area contributed by atoms with E-state index in [4.69, 9.17) is 5.11 Å². The van der Waals surface area contributed by atoms with E-state index in [0.29, 0.717) is 11.3 Å². The maximum absolute atomic E-state index is 12.2. The molecule has 0 fully saturated rings. The number of benzene rings is 2. The molecular weight excluding hydrogens is 274 g/mol. The summed E-state index contributed by atoms with van der Waals surface area (Å²) in [4.78, 5) is 0.131. The second kappa shape index (κ2) is 6.24. The number of nitrogens with one attached hydrogen (secondary N) is 1. The quantitative estimate of drug-likeness (QED) is 0.846. The Morgan fingerprint density at radius 3 is 2.50 bits per heavy atom. The van der Waals surface area contributed by atoms with Gasteiger partial charge in [-0.2, -0.15) is 0 Å². The minimum Gasteiger partial charge on any atom is -0.384 e. The maximum Gasteiger partial charge on any atom is 0.261 e. The van der Waals surface area contributed by atoms with Crippen LogP contribution in [0.2, 0.25) is 0 Å². The fourth-order valence-corrected chi connectivity index (χ4v) is 2.71. The molecule has 0 amide bonds. The topological polar surface area (TPSA) is 66.4 Å². The molecule has 0 saturated heterocycles. The van der Waals surface area contributed by atoms with E-state index in [-0.39, 0.29) is 11.5 Å². The van der Waals surface area contributed by atoms with E-state index in [2.05, 4.69) is 16.6 Å². The van der Waals surface area contributed by atoms with Crippen molar-refractivity contribution in [3.05, 3.63) is 60.2 Å². The third kappa shape index (κ3) is 3.60. The molecule has 0 aliphatic heterocycles. The summed E-state index contributed by atoms with van der Waals surface area (Å²) in [5.74, 6) is 5.16. The predicted molar refractivity (Wildman–Crippen MR) is 77.7 cm³/mol. The lowest BCUT2D eigenvalue weighted by Crippen LogP contribution is -2.12. The molecule has 0 aliphatic rings. The highest BCUT2D eigenvalue weighted by molar-refractivity contribution is 7.92. The average Bonchev–Trinajstić information content (AvgIpc) is 2.46. The molecule has 0 aromatic heterocycles. The highest BCUT2D eigenvalue weighted by atomic mass is 32.2. The molecule has 20 heavy (non-hydrogen) atoms. The molecule has 4 nitrogen and oxygen atoms in total. The fraction of sp³-hybridized carbons (Fsp3) is 0.0667. The maximum atomic E-state index is 12.2. The third-order valence-electron chi connectivity index (χ3n) is 2.48. The first-order valence-electron chi connectivity index (χ1n) is 5.89. The van der Waals surface area contributed by atoms with Crippen molar-refractivity contribution in [2.24, 2.45) is 0 Å². The van der Waals surface area contributed by atoms with Crippen molar-refractivity contribution < 1.29 is 13.5 Å². The Labute approximate surface area is 118 Å². The molecule has 2 aromatic carbocycles. The number of aliphatic hydroxyl groups is 1. The van der Waals surface area contributed by atoms with Gasteiger partial charge in [-0.05, 0) is 30.3 Å². The predicted octanol–water partition coefficient (Wildman–Crippen LogP) is 1.83. The van der Waals surface area contributed by atoms with Crippen molar-refractivity contribution in [2.45, 2.75) is 4.90 Å². The monoisotopic (exact) mass is 287 g/mol. The van der Waals surface area contributed by atoms with E-state index in [0.717, 1.165) is 0 Å². The Hall–Kier alpha value is -2.29. The molecule has 0 aliphatic carbocycles. The van der Waals surface area contributed by atoms with Gasteiger partial charge in [0, 0.05) is 11.3 Å². The van der Waals surface area contributed by atoms with E-state index in [9.17, 15) is 8.42 Å². The van der Waals surface area contributed by atoms with Crippen LogP contribution in [-0.2, 0) is 10.0 Å². The summed E-state index contributed by atoms with van der Waals surface area (Å²) < 4.78 is 26.9. The Kier molecular flexibility index (Phi) is 4.41. The normalized spacial score (nSPS) is 10.4. The van der Waals surface area contributed by atoms with E-state index < -0.39 is 10.0 Å². The molecule has 0 spiro atoms. The summed E-state index contributed by atoms with van der Waals surface area (Å²) in [5, 5.41) is 8.65. The number of hydrogen-bond donors (Lipinski definition) is 2. The average molecular weight is 287 g/mol. The Morgan fingerprint density at radius 2 is 1.80 bits per heavy atom. The van der Waals surface area contributed by atoms with E-state index in [1.807, 2.05) is 6.07 Å². The van der Waals surface area contributed by atoms with Crippen LogP contribution < -0.4 is 4.72 Å². The highest BCUT2D eigenvalue weighted by Crippen LogP contribution is 2.16. The summed E-state index contributed by atoms with van der Waals surface area (Å²) in [6.45, 7) is -0.265. The molecule has 0 atom stereocenters. The van der Waals surface area contributed by atoms with Gasteiger partial charge in [-0.15, -0.1) is 0 Å². The van der Waals surface area contributed by atoms with Gasteiger partial charge in [-0.25, -0.2) is 8.42 Å². The lowest BCUT2D eigenvalue weighted by molar-refractivity contribution is 0.350. The first-order chi connectivity index (χ1) is 9.62. The van der Waals surface area contributed by atoms with Gasteiger partial charge in [-0.3, -0.25) is 4.72 Å². The van der Waals surface area contributed by atoms with Gasteiger partial charge in [0.25, 0.3) is 10.0 Å². The second-order valence-corrected chi connectivity index (χ2v) is 5.64. The fourth-order valence-electron chi connectivity index (χ4n) is 1.60. The van der Waals surface area contributed by atoms with Crippen LogP contribution in [0.5, 0.6) is 0 Å². The summed E-state index contributed by atoms with van der Waals surface area (Å²) >= 11 is 0. The van der Waals surface area contributed by atoms with Crippen LogP contribution >= 0.6 is 0 Å². The molecule has 0 bridgehead atoms. The van der Waals surface area contributed by atoms with Gasteiger partial charge in [-0.1, -0.05) is 36.1 Å². The largest absolute Gasteiger partial charge is 0.384 e. The number of sulfonamides is 1.